The van der Waals surface area contributed by atoms with Crippen LogP contribution in [0, 0.1) is 0 Å². The van der Waals surface area contributed by atoms with Crippen molar-refractivity contribution in [3.63, 3.8) is 0 Å². The van der Waals surface area contributed by atoms with Crippen molar-refractivity contribution in [3.05, 3.63) is 45.8 Å². The number of aromatic nitrogens is 5. The lowest BCUT2D eigenvalue weighted by molar-refractivity contribution is 0.380. The standard InChI is InChI=1S/C17H14ClN5O2/c1-2-22-16-13(14-20-15(25-21-14)9-6-7-9)19-8-23(16)11-5-3-4-10(18)12(11)17(22)24/h3-5,8-9H,2,6-7H2,1H3. The molecule has 0 amide bonds. The normalized spacial score (nSPS) is 14.6. The van der Waals surface area contributed by atoms with Gasteiger partial charge in [0.2, 0.25) is 11.7 Å². The molecule has 0 bridgehead atoms. The molecule has 0 saturated heterocycles. The molecule has 5 rings (SSSR count). The predicted octanol–water partition coefficient (Wildman–Crippen LogP) is 3.25. The first-order chi connectivity index (χ1) is 12.2. The van der Waals surface area contributed by atoms with E-state index in [2.05, 4.69) is 15.1 Å². The van der Waals surface area contributed by atoms with Gasteiger partial charge in [-0.25, -0.2) is 4.98 Å². The number of rotatable bonds is 3. The Morgan fingerprint density at radius 2 is 2.20 bits per heavy atom. The van der Waals surface area contributed by atoms with E-state index in [1.165, 1.54) is 0 Å². The van der Waals surface area contributed by atoms with Gasteiger partial charge in [-0.1, -0.05) is 22.8 Å². The van der Waals surface area contributed by atoms with Crippen LogP contribution in [-0.4, -0.2) is 24.1 Å². The fourth-order valence-corrected chi connectivity index (χ4v) is 3.46. The molecule has 25 heavy (non-hydrogen) atoms. The summed E-state index contributed by atoms with van der Waals surface area (Å²) in [6, 6.07) is 5.39. The molecule has 1 aliphatic rings. The van der Waals surface area contributed by atoms with Gasteiger partial charge in [-0.2, -0.15) is 4.98 Å². The molecule has 1 saturated carbocycles. The Bertz CT molecular complexity index is 1190. The van der Waals surface area contributed by atoms with Gasteiger partial charge in [0.05, 0.1) is 15.9 Å². The smallest absolute Gasteiger partial charge is 0.263 e. The summed E-state index contributed by atoms with van der Waals surface area (Å²) >= 11 is 6.27. The van der Waals surface area contributed by atoms with Crippen molar-refractivity contribution in [3.8, 4) is 11.5 Å². The molecule has 1 aliphatic carbocycles. The van der Waals surface area contributed by atoms with Crippen LogP contribution in [0.5, 0.6) is 0 Å². The highest BCUT2D eigenvalue weighted by molar-refractivity contribution is 6.35. The lowest BCUT2D eigenvalue weighted by atomic mass is 10.2. The van der Waals surface area contributed by atoms with E-state index in [9.17, 15) is 4.79 Å². The maximum atomic E-state index is 13.0. The van der Waals surface area contributed by atoms with Crippen molar-refractivity contribution >= 4 is 28.2 Å². The van der Waals surface area contributed by atoms with E-state index in [0.29, 0.717) is 51.4 Å². The Morgan fingerprint density at radius 3 is 2.96 bits per heavy atom. The van der Waals surface area contributed by atoms with Gasteiger partial charge >= 0.3 is 0 Å². The van der Waals surface area contributed by atoms with Crippen LogP contribution >= 0.6 is 11.6 Å². The number of fused-ring (bicyclic) bond motifs is 3. The highest BCUT2D eigenvalue weighted by Crippen LogP contribution is 2.39. The van der Waals surface area contributed by atoms with Crippen molar-refractivity contribution in [1.29, 1.82) is 0 Å². The molecule has 0 aliphatic heterocycles. The highest BCUT2D eigenvalue weighted by Gasteiger charge is 2.30. The summed E-state index contributed by atoms with van der Waals surface area (Å²) in [6.07, 6.45) is 3.82. The number of benzene rings is 1. The SMILES string of the molecule is CCn1c(=O)c2c(Cl)cccc2n2cnc(-c3noc(C4CC4)n3)c12. The van der Waals surface area contributed by atoms with Gasteiger partial charge in [-0.15, -0.1) is 0 Å². The maximum Gasteiger partial charge on any atom is 0.263 e. The van der Waals surface area contributed by atoms with Gasteiger partial charge in [-0.3, -0.25) is 13.8 Å². The Hall–Kier alpha value is -2.67. The Labute approximate surface area is 146 Å². The number of aryl methyl sites for hydroxylation is 1. The van der Waals surface area contributed by atoms with Crippen molar-refractivity contribution in [2.75, 3.05) is 0 Å². The van der Waals surface area contributed by atoms with Crippen LogP contribution in [0.3, 0.4) is 0 Å². The molecule has 0 N–H and O–H groups in total. The second-order valence-electron chi connectivity index (χ2n) is 6.20. The van der Waals surface area contributed by atoms with Crippen molar-refractivity contribution in [2.24, 2.45) is 0 Å². The Balaban J connectivity index is 1.87. The minimum absolute atomic E-state index is 0.150. The Kier molecular flexibility index (Phi) is 3.03. The van der Waals surface area contributed by atoms with Crippen LogP contribution in [0.2, 0.25) is 5.02 Å². The van der Waals surface area contributed by atoms with Gasteiger partial charge in [0.25, 0.3) is 5.56 Å². The fourth-order valence-electron chi connectivity index (χ4n) is 3.21. The molecule has 3 aromatic heterocycles. The van der Waals surface area contributed by atoms with E-state index < -0.39 is 0 Å². The molecule has 7 nitrogen and oxygen atoms in total. The van der Waals surface area contributed by atoms with Crippen LogP contribution in [0.1, 0.15) is 31.6 Å². The molecular weight excluding hydrogens is 342 g/mol. The number of imidazole rings is 1. The van der Waals surface area contributed by atoms with E-state index in [-0.39, 0.29) is 5.56 Å². The third kappa shape index (κ3) is 2.05. The predicted molar refractivity (Wildman–Crippen MR) is 92.9 cm³/mol. The summed E-state index contributed by atoms with van der Waals surface area (Å²) in [5, 5.41) is 4.98. The van der Waals surface area contributed by atoms with E-state index in [4.69, 9.17) is 16.1 Å². The van der Waals surface area contributed by atoms with E-state index in [0.717, 1.165) is 12.8 Å². The molecule has 126 valence electrons. The molecule has 0 unspecified atom stereocenters. The van der Waals surface area contributed by atoms with Gasteiger partial charge < -0.3 is 4.52 Å². The number of halogens is 1. The molecule has 4 aromatic rings. The quantitative estimate of drug-likeness (QED) is 0.563. The first-order valence-electron chi connectivity index (χ1n) is 8.21. The summed E-state index contributed by atoms with van der Waals surface area (Å²) in [5.41, 5.74) is 1.74. The molecule has 0 radical (unpaired) electrons. The van der Waals surface area contributed by atoms with Crippen LogP contribution < -0.4 is 5.56 Å². The van der Waals surface area contributed by atoms with E-state index in [1.807, 2.05) is 23.5 Å². The van der Waals surface area contributed by atoms with E-state index >= 15 is 0 Å². The lowest BCUT2D eigenvalue weighted by Crippen LogP contribution is -2.22. The van der Waals surface area contributed by atoms with Crippen LogP contribution in [-0.2, 0) is 6.54 Å². The van der Waals surface area contributed by atoms with Crippen molar-refractivity contribution < 1.29 is 4.52 Å². The van der Waals surface area contributed by atoms with E-state index in [1.54, 1.807) is 17.0 Å². The maximum absolute atomic E-state index is 13.0. The second kappa shape index (κ2) is 5.16. The largest absolute Gasteiger partial charge is 0.339 e. The summed E-state index contributed by atoms with van der Waals surface area (Å²) in [4.78, 5) is 21.9. The highest BCUT2D eigenvalue weighted by atomic mass is 35.5. The fraction of sp³-hybridized carbons (Fsp3) is 0.294. The third-order valence-electron chi connectivity index (χ3n) is 4.60. The molecular formula is C17H14ClN5O2. The summed E-state index contributed by atoms with van der Waals surface area (Å²) in [7, 11) is 0. The first-order valence-corrected chi connectivity index (χ1v) is 8.59. The lowest BCUT2D eigenvalue weighted by Gasteiger charge is -2.10. The zero-order valence-corrected chi connectivity index (χ0v) is 14.2. The van der Waals surface area contributed by atoms with Gasteiger partial charge in [0.15, 0.2) is 11.3 Å². The second-order valence-corrected chi connectivity index (χ2v) is 6.61. The Morgan fingerprint density at radius 1 is 1.36 bits per heavy atom. The number of hydrogen-bond acceptors (Lipinski definition) is 5. The van der Waals surface area contributed by atoms with Gasteiger partial charge in [0.1, 0.15) is 6.33 Å². The summed E-state index contributed by atoms with van der Waals surface area (Å²) in [6.45, 7) is 2.39. The molecule has 0 atom stereocenters. The molecule has 3 heterocycles. The van der Waals surface area contributed by atoms with Gasteiger partial charge in [-0.05, 0) is 31.9 Å². The van der Waals surface area contributed by atoms with Gasteiger partial charge in [0, 0.05) is 12.5 Å². The summed E-state index contributed by atoms with van der Waals surface area (Å²) < 4.78 is 8.85. The molecule has 1 aromatic carbocycles. The average molecular weight is 356 g/mol. The monoisotopic (exact) mass is 355 g/mol. The minimum Gasteiger partial charge on any atom is -0.339 e. The minimum atomic E-state index is -0.150. The summed E-state index contributed by atoms with van der Waals surface area (Å²) in [5.74, 6) is 1.42. The number of hydrogen-bond donors (Lipinski definition) is 0. The molecule has 8 heteroatoms. The number of nitrogens with zero attached hydrogens (tertiary/aromatic N) is 5. The van der Waals surface area contributed by atoms with Crippen LogP contribution in [0.4, 0.5) is 0 Å². The van der Waals surface area contributed by atoms with Crippen LogP contribution in [0.25, 0.3) is 28.1 Å². The topological polar surface area (TPSA) is 78.2 Å². The zero-order valence-electron chi connectivity index (χ0n) is 13.4. The van der Waals surface area contributed by atoms with Crippen molar-refractivity contribution in [1.82, 2.24) is 24.1 Å². The van der Waals surface area contributed by atoms with Crippen LogP contribution in [0.15, 0.2) is 33.8 Å². The first kappa shape index (κ1) is 14.7. The third-order valence-corrected chi connectivity index (χ3v) is 4.92. The molecule has 0 spiro atoms. The zero-order chi connectivity index (χ0) is 17.1. The average Bonchev–Trinajstić information content (AvgIpc) is 3.17. The molecule has 1 fully saturated rings. The van der Waals surface area contributed by atoms with Crippen molar-refractivity contribution in [2.45, 2.75) is 32.2 Å².